The number of carbonyl (C=O) groups excluding carboxylic acids is 4. The van der Waals surface area contributed by atoms with E-state index in [1.165, 1.54) is 40.9 Å². The normalized spacial score (nSPS) is 10.3. The van der Waals surface area contributed by atoms with Crippen LogP contribution in [0.2, 0.25) is 0 Å². The number of hydrogen-bond donors (Lipinski definition) is 2. The Balaban J connectivity index is 1.48. The van der Waals surface area contributed by atoms with Gasteiger partial charge in [0, 0.05) is 10.8 Å². The summed E-state index contributed by atoms with van der Waals surface area (Å²) in [6, 6.07) is 4.04. The SMILES string of the molecule is Cc1csc(NC(=O)COC(=O)c2cccc(C(=O)OCC(=O)Nc3nc(C)cs3)n2)n1. The molecule has 0 aromatic carbocycles. The van der Waals surface area contributed by atoms with Crippen LogP contribution in [0.5, 0.6) is 0 Å². The number of nitrogens with one attached hydrogen (secondary N) is 2. The summed E-state index contributed by atoms with van der Waals surface area (Å²) in [4.78, 5) is 60.0. The van der Waals surface area contributed by atoms with Crippen molar-refractivity contribution in [2.75, 3.05) is 23.8 Å². The molecule has 11 nitrogen and oxygen atoms in total. The number of esters is 2. The van der Waals surface area contributed by atoms with Crippen molar-refractivity contribution in [3.05, 3.63) is 51.7 Å². The van der Waals surface area contributed by atoms with E-state index >= 15 is 0 Å². The summed E-state index contributed by atoms with van der Waals surface area (Å²) in [6.07, 6.45) is 0. The van der Waals surface area contributed by atoms with E-state index in [1.807, 2.05) is 0 Å². The Morgan fingerprint density at radius 2 is 1.22 bits per heavy atom. The van der Waals surface area contributed by atoms with Gasteiger partial charge in [0.15, 0.2) is 23.5 Å². The van der Waals surface area contributed by atoms with Crippen LogP contribution in [-0.2, 0) is 19.1 Å². The Morgan fingerprint density at radius 3 is 1.59 bits per heavy atom. The average molecular weight is 476 g/mol. The number of pyridine rings is 1. The maximum atomic E-state index is 12.2. The number of hydrogen-bond acceptors (Lipinski definition) is 11. The Bertz CT molecular complexity index is 1070. The molecule has 0 fully saturated rings. The summed E-state index contributed by atoms with van der Waals surface area (Å²) in [5, 5.41) is 9.31. The first kappa shape index (κ1) is 23.0. The number of carbonyl (C=O) groups is 4. The van der Waals surface area contributed by atoms with Gasteiger partial charge in [-0.05, 0) is 26.0 Å². The van der Waals surface area contributed by atoms with E-state index in [0.29, 0.717) is 10.3 Å². The Hall–Kier alpha value is -3.71. The van der Waals surface area contributed by atoms with Crippen LogP contribution in [0.1, 0.15) is 32.4 Å². The molecule has 0 radical (unpaired) electrons. The molecule has 0 spiro atoms. The first-order valence-electron chi connectivity index (χ1n) is 9.05. The summed E-state index contributed by atoms with van der Waals surface area (Å²) >= 11 is 2.49. The lowest BCUT2D eigenvalue weighted by molar-refractivity contribution is -0.119. The lowest BCUT2D eigenvalue weighted by atomic mass is 10.3. The third-order valence-electron chi connectivity index (χ3n) is 3.57. The van der Waals surface area contributed by atoms with Gasteiger partial charge in [0.25, 0.3) is 11.8 Å². The van der Waals surface area contributed by atoms with Crippen LogP contribution in [0.4, 0.5) is 10.3 Å². The fourth-order valence-electron chi connectivity index (χ4n) is 2.21. The van der Waals surface area contributed by atoms with Crippen molar-refractivity contribution in [3.8, 4) is 0 Å². The van der Waals surface area contributed by atoms with Crippen LogP contribution >= 0.6 is 22.7 Å². The van der Waals surface area contributed by atoms with E-state index in [0.717, 1.165) is 11.4 Å². The average Bonchev–Trinajstić information content (AvgIpc) is 3.37. The van der Waals surface area contributed by atoms with E-state index in [-0.39, 0.29) is 11.4 Å². The first-order chi connectivity index (χ1) is 15.3. The number of aromatic nitrogens is 3. The molecule has 3 heterocycles. The molecular weight excluding hydrogens is 458 g/mol. The van der Waals surface area contributed by atoms with Crippen LogP contribution in [0.15, 0.2) is 29.0 Å². The molecule has 13 heteroatoms. The quantitative estimate of drug-likeness (QED) is 0.467. The molecule has 3 aromatic rings. The molecule has 0 unspecified atom stereocenters. The van der Waals surface area contributed by atoms with Gasteiger partial charge in [-0.1, -0.05) is 6.07 Å². The van der Waals surface area contributed by atoms with Crippen LogP contribution < -0.4 is 10.6 Å². The maximum Gasteiger partial charge on any atom is 0.357 e. The number of amides is 2. The van der Waals surface area contributed by atoms with Gasteiger partial charge in [-0.2, -0.15) is 0 Å². The van der Waals surface area contributed by atoms with E-state index in [1.54, 1.807) is 24.6 Å². The highest BCUT2D eigenvalue weighted by molar-refractivity contribution is 7.14. The van der Waals surface area contributed by atoms with E-state index in [9.17, 15) is 19.2 Å². The smallest absolute Gasteiger partial charge is 0.357 e. The lowest BCUT2D eigenvalue weighted by Gasteiger charge is -2.06. The third-order valence-corrected chi connectivity index (χ3v) is 5.32. The number of rotatable bonds is 8. The van der Waals surface area contributed by atoms with Crippen molar-refractivity contribution in [1.82, 2.24) is 15.0 Å². The third kappa shape index (κ3) is 6.65. The minimum atomic E-state index is -0.901. The summed E-state index contributed by atoms with van der Waals surface area (Å²) < 4.78 is 9.82. The van der Waals surface area contributed by atoms with Crippen LogP contribution in [0.3, 0.4) is 0 Å². The largest absolute Gasteiger partial charge is 0.451 e. The summed E-state index contributed by atoms with van der Waals surface area (Å²) in [6.45, 7) is 2.46. The zero-order valence-electron chi connectivity index (χ0n) is 16.9. The highest BCUT2D eigenvalue weighted by Gasteiger charge is 2.17. The molecule has 0 aliphatic heterocycles. The molecule has 166 valence electrons. The van der Waals surface area contributed by atoms with Crippen molar-refractivity contribution in [2.45, 2.75) is 13.8 Å². The Kier molecular flexibility index (Phi) is 7.57. The zero-order valence-corrected chi connectivity index (χ0v) is 18.5. The van der Waals surface area contributed by atoms with E-state index < -0.39 is 37.0 Å². The molecule has 0 saturated heterocycles. The van der Waals surface area contributed by atoms with Crippen molar-refractivity contribution >= 4 is 56.7 Å². The molecule has 0 saturated carbocycles. The minimum Gasteiger partial charge on any atom is -0.451 e. The molecule has 0 aliphatic carbocycles. The predicted octanol–water partition coefficient (Wildman–Crippen LogP) is 2.20. The van der Waals surface area contributed by atoms with Crippen LogP contribution in [0.25, 0.3) is 0 Å². The van der Waals surface area contributed by atoms with Crippen molar-refractivity contribution < 1.29 is 28.7 Å². The van der Waals surface area contributed by atoms with Gasteiger partial charge < -0.3 is 9.47 Å². The van der Waals surface area contributed by atoms with Gasteiger partial charge in [0.1, 0.15) is 11.4 Å². The van der Waals surface area contributed by atoms with Gasteiger partial charge in [-0.3, -0.25) is 20.2 Å². The molecular formula is C19H17N5O6S2. The fourth-order valence-corrected chi connectivity index (χ4v) is 3.61. The summed E-state index contributed by atoms with van der Waals surface area (Å²) in [7, 11) is 0. The van der Waals surface area contributed by atoms with Gasteiger partial charge in [-0.15, -0.1) is 22.7 Å². The Labute approximate surface area is 189 Å². The van der Waals surface area contributed by atoms with Gasteiger partial charge in [-0.25, -0.2) is 24.5 Å². The molecule has 3 rings (SSSR count). The van der Waals surface area contributed by atoms with Crippen molar-refractivity contribution in [2.24, 2.45) is 0 Å². The van der Waals surface area contributed by atoms with Crippen molar-refractivity contribution in [1.29, 1.82) is 0 Å². The number of anilines is 2. The molecule has 2 N–H and O–H groups in total. The minimum absolute atomic E-state index is 0.194. The Morgan fingerprint density at radius 1 is 0.781 bits per heavy atom. The molecule has 2 amide bonds. The summed E-state index contributed by atoms with van der Waals surface area (Å²) in [5.74, 6) is -2.93. The van der Waals surface area contributed by atoms with E-state index in [2.05, 4.69) is 25.6 Å². The monoisotopic (exact) mass is 475 g/mol. The number of ether oxygens (including phenoxy) is 2. The molecule has 0 atom stereocenters. The molecule has 0 aliphatic rings. The first-order valence-corrected chi connectivity index (χ1v) is 10.8. The van der Waals surface area contributed by atoms with E-state index in [4.69, 9.17) is 9.47 Å². The van der Waals surface area contributed by atoms with Crippen LogP contribution in [0, 0.1) is 13.8 Å². The topological polar surface area (TPSA) is 149 Å². The summed E-state index contributed by atoms with van der Waals surface area (Å²) in [5.41, 5.74) is 1.12. The maximum absolute atomic E-state index is 12.2. The standard InChI is InChI=1S/C19H17N5O6S2/c1-10-8-31-18(20-10)23-14(25)6-29-16(27)12-4-3-5-13(22-12)17(28)30-7-15(26)24-19-21-11(2)9-32-19/h3-5,8-9H,6-7H2,1-2H3,(H,20,23,25)(H,21,24,26). The van der Waals surface area contributed by atoms with Gasteiger partial charge in [0.2, 0.25) is 0 Å². The predicted molar refractivity (Wildman–Crippen MR) is 116 cm³/mol. The second kappa shape index (κ2) is 10.5. The number of aryl methyl sites for hydroxylation is 2. The number of nitrogens with zero attached hydrogens (tertiary/aromatic N) is 3. The van der Waals surface area contributed by atoms with Gasteiger partial charge >= 0.3 is 11.9 Å². The molecule has 0 bridgehead atoms. The second-order valence-electron chi connectivity index (χ2n) is 6.24. The zero-order chi connectivity index (χ0) is 23.1. The highest BCUT2D eigenvalue weighted by atomic mass is 32.1. The van der Waals surface area contributed by atoms with Gasteiger partial charge in [0.05, 0.1) is 11.4 Å². The lowest BCUT2D eigenvalue weighted by Crippen LogP contribution is -2.23. The van der Waals surface area contributed by atoms with Crippen LogP contribution in [-0.4, -0.2) is 51.9 Å². The molecule has 3 aromatic heterocycles. The highest BCUT2D eigenvalue weighted by Crippen LogP contribution is 2.15. The number of thiazole rings is 2. The van der Waals surface area contributed by atoms with Crippen molar-refractivity contribution in [3.63, 3.8) is 0 Å². The molecule has 32 heavy (non-hydrogen) atoms. The fraction of sp³-hybridized carbons (Fsp3) is 0.211. The second-order valence-corrected chi connectivity index (χ2v) is 7.96.